The normalized spacial score (nSPS) is 10.7. The second-order valence-electron chi connectivity index (χ2n) is 6.37. The van der Waals surface area contributed by atoms with Crippen LogP contribution in [0.2, 0.25) is 0 Å². The van der Waals surface area contributed by atoms with Crippen LogP contribution in [0, 0.1) is 0 Å². The van der Waals surface area contributed by atoms with Gasteiger partial charge in [0.15, 0.2) is 5.69 Å². The molecule has 0 spiro atoms. The minimum absolute atomic E-state index is 0.209. The number of unbranched alkanes of at least 4 members (excludes halogenated alkanes) is 2. The van der Waals surface area contributed by atoms with E-state index in [-0.39, 0.29) is 23.3 Å². The van der Waals surface area contributed by atoms with Crippen molar-refractivity contribution in [3.63, 3.8) is 0 Å². The maximum absolute atomic E-state index is 12.6. The van der Waals surface area contributed by atoms with Gasteiger partial charge in [-0.1, -0.05) is 56.2 Å². The lowest BCUT2D eigenvalue weighted by Gasteiger charge is -2.04. The van der Waals surface area contributed by atoms with E-state index in [1.165, 1.54) is 0 Å². The second-order valence-corrected chi connectivity index (χ2v) is 6.37. The van der Waals surface area contributed by atoms with Gasteiger partial charge in [0.1, 0.15) is 0 Å². The fraction of sp³-hybridized carbons (Fsp3) is 0.286. The zero-order chi connectivity index (χ0) is 19.1. The van der Waals surface area contributed by atoms with Gasteiger partial charge in [0.2, 0.25) is 5.82 Å². The van der Waals surface area contributed by atoms with Crippen molar-refractivity contribution >= 4 is 17.3 Å². The molecule has 3 rings (SSSR count). The summed E-state index contributed by atoms with van der Waals surface area (Å²) in [6.45, 7) is 3.12. The fourth-order valence-corrected chi connectivity index (χ4v) is 2.88. The molecule has 1 aromatic carbocycles. The molecule has 3 aromatic rings. The summed E-state index contributed by atoms with van der Waals surface area (Å²) >= 11 is 0. The Morgan fingerprint density at radius 1 is 0.963 bits per heavy atom. The van der Waals surface area contributed by atoms with Crippen molar-refractivity contribution in [1.29, 1.82) is 0 Å². The number of pyridine rings is 1. The Bertz CT molecular complexity index is 918. The highest BCUT2D eigenvalue weighted by molar-refractivity contribution is 6.02. The Labute approximate surface area is 158 Å². The second kappa shape index (κ2) is 8.98. The molecule has 0 bridgehead atoms. The number of fused-ring (bicyclic) bond motifs is 1. The molecule has 27 heavy (non-hydrogen) atoms. The summed E-state index contributed by atoms with van der Waals surface area (Å²) in [5.41, 5.74) is 1.90. The van der Waals surface area contributed by atoms with Crippen LogP contribution in [0.15, 0.2) is 54.7 Å². The summed E-state index contributed by atoms with van der Waals surface area (Å²) in [6, 6.07) is 15.1. The lowest BCUT2D eigenvalue weighted by Crippen LogP contribution is -2.26. The first-order valence-electron chi connectivity index (χ1n) is 9.28. The summed E-state index contributed by atoms with van der Waals surface area (Å²) in [5.74, 6) is -0.359. The summed E-state index contributed by atoms with van der Waals surface area (Å²) < 4.78 is 1.65. The third-order valence-corrected chi connectivity index (χ3v) is 4.33. The van der Waals surface area contributed by atoms with Gasteiger partial charge < -0.3 is 10.6 Å². The third kappa shape index (κ3) is 4.53. The Morgan fingerprint density at radius 2 is 1.74 bits per heavy atom. The maximum Gasteiger partial charge on any atom is 0.287 e. The molecule has 0 aliphatic carbocycles. The number of carbonyl (C=O) groups excluding carboxylic acids is 2. The standard InChI is InChI=1S/C21H24N4O2/c1-2-3-8-13-22-20(26)18-17-12-7-9-14-25(17)19(24-18)21(27)23-15-16-10-5-4-6-11-16/h4-7,9-12,14H,2-3,8,13,15H2,1H3,(H,22,26)(H,23,27). The quantitative estimate of drug-likeness (QED) is 0.603. The van der Waals surface area contributed by atoms with Gasteiger partial charge in [-0.05, 0) is 24.1 Å². The molecule has 0 radical (unpaired) electrons. The predicted molar refractivity (Wildman–Crippen MR) is 105 cm³/mol. The number of amides is 2. The summed E-state index contributed by atoms with van der Waals surface area (Å²) in [6.07, 6.45) is 4.83. The van der Waals surface area contributed by atoms with Crippen LogP contribution >= 0.6 is 0 Å². The number of hydrogen-bond donors (Lipinski definition) is 2. The maximum atomic E-state index is 12.6. The Balaban J connectivity index is 1.77. The van der Waals surface area contributed by atoms with Crippen molar-refractivity contribution in [2.24, 2.45) is 0 Å². The third-order valence-electron chi connectivity index (χ3n) is 4.33. The minimum atomic E-state index is -0.315. The Kier molecular flexibility index (Phi) is 6.20. The zero-order valence-electron chi connectivity index (χ0n) is 15.4. The first kappa shape index (κ1) is 18.6. The largest absolute Gasteiger partial charge is 0.351 e. The molecule has 0 saturated carbocycles. The van der Waals surface area contributed by atoms with Crippen molar-refractivity contribution in [3.8, 4) is 0 Å². The van der Waals surface area contributed by atoms with Gasteiger partial charge in [-0.15, -0.1) is 0 Å². The van der Waals surface area contributed by atoms with Crippen molar-refractivity contribution in [3.05, 3.63) is 71.8 Å². The van der Waals surface area contributed by atoms with E-state index in [9.17, 15) is 9.59 Å². The molecular formula is C21H24N4O2. The van der Waals surface area contributed by atoms with Crippen LogP contribution in [0.5, 0.6) is 0 Å². The molecule has 2 amide bonds. The lowest BCUT2D eigenvalue weighted by molar-refractivity contribution is 0.0939. The van der Waals surface area contributed by atoms with Crippen LogP contribution in [0.3, 0.4) is 0 Å². The van der Waals surface area contributed by atoms with Crippen LogP contribution in [-0.2, 0) is 6.54 Å². The molecule has 2 aromatic heterocycles. The SMILES string of the molecule is CCCCCNC(=O)c1nc(C(=O)NCc2ccccc2)n2ccccc12. The Morgan fingerprint density at radius 3 is 2.52 bits per heavy atom. The monoisotopic (exact) mass is 364 g/mol. The topological polar surface area (TPSA) is 75.5 Å². The van der Waals surface area contributed by atoms with E-state index >= 15 is 0 Å². The number of imidazole rings is 1. The van der Waals surface area contributed by atoms with Crippen LogP contribution in [0.1, 0.15) is 52.9 Å². The molecule has 0 saturated heterocycles. The Hall–Kier alpha value is -3.15. The van der Waals surface area contributed by atoms with Crippen molar-refractivity contribution < 1.29 is 9.59 Å². The van der Waals surface area contributed by atoms with Crippen LogP contribution in [0.4, 0.5) is 0 Å². The van der Waals surface area contributed by atoms with Gasteiger partial charge in [-0.25, -0.2) is 4.98 Å². The molecule has 6 nitrogen and oxygen atoms in total. The smallest absolute Gasteiger partial charge is 0.287 e. The van der Waals surface area contributed by atoms with E-state index in [1.54, 1.807) is 16.7 Å². The first-order valence-corrected chi connectivity index (χ1v) is 9.28. The van der Waals surface area contributed by atoms with Crippen LogP contribution in [0.25, 0.3) is 5.52 Å². The molecule has 0 unspecified atom stereocenters. The van der Waals surface area contributed by atoms with Crippen molar-refractivity contribution in [2.75, 3.05) is 6.54 Å². The van der Waals surface area contributed by atoms with E-state index in [0.717, 1.165) is 24.8 Å². The molecule has 6 heteroatoms. The first-order chi connectivity index (χ1) is 13.2. The molecule has 0 fully saturated rings. The van der Waals surface area contributed by atoms with Gasteiger partial charge in [0.05, 0.1) is 5.52 Å². The van der Waals surface area contributed by atoms with Crippen LogP contribution < -0.4 is 10.6 Å². The van der Waals surface area contributed by atoms with Gasteiger partial charge in [-0.3, -0.25) is 14.0 Å². The number of nitrogens with one attached hydrogen (secondary N) is 2. The number of rotatable bonds is 8. The average molecular weight is 364 g/mol. The van der Waals surface area contributed by atoms with E-state index < -0.39 is 0 Å². The number of nitrogens with zero attached hydrogens (tertiary/aromatic N) is 2. The number of aromatic nitrogens is 2. The fourth-order valence-electron chi connectivity index (χ4n) is 2.88. The molecule has 2 heterocycles. The predicted octanol–water partition coefficient (Wildman–Crippen LogP) is 3.18. The highest BCUT2D eigenvalue weighted by Crippen LogP contribution is 2.13. The van der Waals surface area contributed by atoms with Gasteiger partial charge >= 0.3 is 0 Å². The summed E-state index contributed by atoms with van der Waals surface area (Å²) in [5, 5.41) is 5.76. The van der Waals surface area contributed by atoms with Gasteiger partial charge in [0.25, 0.3) is 11.8 Å². The van der Waals surface area contributed by atoms with E-state index in [0.29, 0.717) is 18.6 Å². The van der Waals surface area contributed by atoms with E-state index in [2.05, 4.69) is 22.5 Å². The molecule has 0 atom stereocenters. The molecule has 0 aliphatic heterocycles. The molecule has 2 N–H and O–H groups in total. The summed E-state index contributed by atoms with van der Waals surface area (Å²) in [7, 11) is 0. The zero-order valence-corrected chi connectivity index (χ0v) is 15.4. The number of carbonyl (C=O) groups is 2. The lowest BCUT2D eigenvalue weighted by atomic mass is 10.2. The molecular weight excluding hydrogens is 340 g/mol. The highest BCUT2D eigenvalue weighted by atomic mass is 16.2. The van der Waals surface area contributed by atoms with Crippen molar-refractivity contribution in [2.45, 2.75) is 32.7 Å². The molecule has 140 valence electrons. The van der Waals surface area contributed by atoms with E-state index in [1.807, 2.05) is 42.5 Å². The minimum Gasteiger partial charge on any atom is -0.351 e. The molecule has 0 aliphatic rings. The van der Waals surface area contributed by atoms with Crippen LogP contribution in [-0.4, -0.2) is 27.7 Å². The van der Waals surface area contributed by atoms with Crippen molar-refractivity contribution in [1.82, 2.24) is 20.0 Å². The van der Waals surface area contributed by atoms with E-state index in [4.69, 9.17) is 0 Å². The average Bonchev–Trinajstić information content (AvgIpc) is 3.10. The number of benzene rings is 1. The number of hydrogen-bond acceptors (Lipinski definition) is 3. The van der Waals surface area contributed by atoms with Gasteiger partial charge in [-0.2, -0.15) is 0 Å². The summed E-state index contributed by atoms with van der Waals surface area (Å²) in [4.78, 5) is 29.5. The van der Waals surface area contributed by atoms with Gasteiger partial charge in [0, 0.05) is 19.3 Å². The highest BCUT2D eigenvalue weighted by Gasteiger charge is 2.21.